The van der Waals surface area contributed by atoms with Crippen LogP contribution >= 0.6 is 11.6 Å². The Morgan fingerprint density at radius 3 is 2.56 bits per heavy atom. The van der Waals surface area contributed by atoms with Gasteiger partial charge in [-0.1, -0.05) is 23.7 Å². The molecule has 0 fully saturated rings. The number of hydrogen-bond donors (Lipinski definition) is 0. The maximum atomic E-state index is 13.1. The highest BCUT2D eigenvalue weighted by Crippen LogP contribution is 2.23. The van der Waals surface area contributed by atoms with Crippen LogP contribution < -0.4 is 10.3 Å². The molecule has 2 heterocycles. The van der Waals surface area contributed by atoms with Crippen LogP contribution in [0, 0.1) is 6.92 Å². The van der Waals surface area contributed by atoms with Crippen LogP contribution in [0.15, 0.2) is 59.5 Å². The second kappa shape index (κ2) is 6.89. The van der Waals surface area contributed by atoms with Gasteiger partial charge in [0.1, 0.15) is 17.0 Å². The van der Waals surface area contributed by atoms with Gasteiger partial charge in [0, 0.05) is 0 Å². The van der Waals surface area contributed by atoms with Gasteiger partial charge in [-0.25, -0.2) is 9.67 Å². The lowest BCUT2D eigenvalue weighted by molar-refractivity contribution is 0.340. The van der Waals surface area contributed by atoms with E-state index < -0.39 is 0 Å². The number of rotatable bonds is 4. The molecule has 0 saturated carbocycles. The van der Waals surface area contributed by atoms with E-state index in [2.05, 4.69) is 10.1 Å². The third kappa shape index (κ3) is 2.98. The zero-order valence-electron chi connectivity index (χ0n) is 14.9. The van der Waals surface area contributed by atoms with E-state index >= 15 is 0 Å². The van der Waals surface area contributed by atoms with Crippen molar-refractivity contribution < 1.29 is 4.74 Å². The molecule has 2 aromatic carbocycles. The number of fused-ring (bicyclic) bond motifs is 1. The number of hydrogen-bond acceptors (Lipinski definition) is 4. The van der Waals surface area contributed by atoms with E-state index in [9.17, 15) is 4.79 Å². The largest absolute Gasteiger partial charge is 0.494 e. The summed E-state index contributed by atoms with van der Waals surface area (Å²) >= 11 is 6.28. The molecule has 0 unspecified atom stereocenters. The highest BCUT2D eigenvalue weighted by molar-refractivity contribution is 6.32. The van der Waals surface area contributed by atoms with Crippen molar-refractivity contribution in [2.75, 3.05) is 6.61 Å². The van der Waals surface area contributed by atoms with Gasteiger partial charge in [0.15, 0.2) is 5.65 Å². The van der Waals surface area contributed by atoms with Crippen LogP contribution in [0.3, 0.4) is 0 Å². The Labute approximate surface area is 160 Å². The van der Waals surface area contributed by atoms with Crippen molar-refractivity contribution in [1.82, 2.24) is 19.3 Å². The van der Waals surface area contributed by atoms with Gasteiger partial charge in [-0.2, -0.15) is 5.10 Å². The quantitative estimate of drug-likeness (QED) is 0.538. The second-order valence-electron chi connectivity index (χ2n) is 5.97. The number of ether oxygens (including phenoxy) is 1. The van der Waals surface area contributed by atoms with Gasteiger partial charge in [0.25, 0.3) is 5.56 Å². The molecule has 0 spiro atoms. The van der Waals surface area contributed by atoms with Crippen LogP contribution in [-0.4, -0.2) is 25.9 Å². The molecule has 0 aliphatic rings. The highest BCUT2D eigenvalue weighted by atomic mass is 35.5. The molecule has 0 radical (unpaired) electrons. The van der Waals surface area contributed by atoms with Crippen LogP contribution in [0.4, 0.5) is 0 Å². The third-order valence-electron chi connectivity index (χ3n) is 4.26. The maximum Gasteiger partial charge on any atom is 0.269 e. The first-order valence-electron chi connectivity index (χ1n) is 8.55. The van der Waals surface area contributed by atoms with Crippen molar-refractivity contribution in [3.05, 3.63) is 75.9 Å². The monoisotopic (exact) mass is 380 g/mol. The Hall–Kier alpha value is -3.12. The topological polar surface area (TPSA) is 61.9 Å². The summed E-state index contributed by atoms with van der Waals surface area (Å²) in [6, 6.07) is 14.7. The van der Waals surface area contributed by atoms with E-state index in [1.54, 1.807) is 22.2 Å². The summed E-state index contributed by atoms with van der Waals surface area (Å²) in [5.41, 5.74) is 1.70. The second-order valence-corrected chi connectivity index (χ2v) is 6.38. The Morgan fingerprint density at radius 1 is 1.11 bits per heavy atom. The zero-order chi connectivity index (χ0) is 19.0. The molecule has 0 aliphatic carbocycles. The lowest BCUT2D eigenvalue weighted by atomic mass is 10.2. The van der Waals surface area contributed by atoms with E-state index in [0.29, 0.717) is 34.2 Å². The Morgan fingerprint density at radius 2 is 1.85 bits per heavy atom. The minimum absolute atomic E-state index is 0.181. The van der Waals surface area contributed by atoms with Crippen molar-refractivity contribution >= 4 is 22.6 Å². The predicted octanol–water partition coefficient (Wildman–Crippen LogP) is 3.93. The standard InChI is InChI=1S/C20H17ClN4O2/c1-3-27-15-10-8-14(9-11-15)24-13(2)23-19-16(20(24)26)12-22-25(19)18-7-5-4-6-17(18)21/h4-12H,3H2,1-2H3. The van der Waals surface area contributed by atoms with Crippen molar-refractivity contribution in [3.8, 4) is 17.1 Å². The van der Waals surface area contributed by atoms with E-state index in [1.165, 1.54) is 6.20 Å². The molecule has 0 saturated heterocycles. The maximum absolute atomic E-state index is 13.1. The molecule has 4 rings (SSSR count). The first-order valence-corrected chi connectivity index (χ1v) is 8.93. The lowest BCUT2D eigenvalue weighted by Crippen LogP contribution is -2.22. The summed E-state index contributed by atoms with van der Waals surface area (Å²) in [5, 5.41) is 5.30. The average Bonchev–Trinajstić information content (AvgIpc) is 3.07. The first-order chi connectivity index (χ1) is 13.1. The molecule has 0 N–H and O–H groups in total. The third-order valence-corrected chi connectivity index (χ3v) is 4.57. The highest BCUT2D eigenvalue weighted by Gasteiger charge is 2.16. The van der Waals surface area contributed by atoms with E-state index in [4.69, 9.17) is 16.3 Å². The predicted molar refractivity (Wildman–Crippen MR) is 105 cm³/mol. The average molecular weight is 381 g/mol. The van der Waals surface area contributed by atoms with Gasteiger partial charge in [-0.05, 0) is 50.2 Å². The fourth-order valence-electron chi connectivity index (χ4n) is 3.03. The van der Waals surface area contributed by atoms with Gasteiger partial charge in [-0.3, -0.25) is 9.36 Å². The molecule has 2 aromatic heterocycles. The number of para-hydroxylation sites is 1. The summed E-state index contributed by atoms with van der Waals surface area (Å²) in [7, 11) is 0. The van der Waals surface area contributed by atoms with Gasteiger partial charge in [0.2, 0.25) is 0 Å². The van der Waals surface area contributed by atoms with Crippen LogP contribution in [0.25, 0.3) is 22.4 Å². The number of benzene rings is 2. The molecule has 27 heavy (non-hydrogen) atoms. The smallest absolute Gasteiger partial charge is 0.269 e. The minimum Gasteiger partial charge on any atom is -0.494 e. The summed E-state index contributed by atoms with van der Waals surface area (Å²) in [6.45, 7) is 4.31. The number of aryl methyl sites for hydroxylation is 1. The Bertz CT molecular complexity index is 1180. The molecule has 7 heteroatoms. The van der Waals surface area contributed by atoms with Crippen LogP contribution in [0.2, 0.25) is 5.02 Å². The van der Waals surface area contributed by atoms with Crippen molar-refractivity contribution in [2.24, 2.45) is 0 Å². The first kappa shape index (κ1) is 17.3. The summed E-state index contributed by atoms with van der Waals surface area (Å²) < 4.78 is 8.62. The summed E-state index contributed by atoms with van der Waals surface area (Å²) in [5.74, 6) is 1.32. The Balaban J connectivity index is 1.88. The molecule has 0 atom stereocenters. The molecular formula is C20H17ClN4O2. The van der Waals surface area contributed by atoms with E-state index in [-0.39, 0.29) is 5.56 Å². The SMILES string of the molecule is CCOc1ccc(-n2c(C)nc3c(cnn3-c3ccccc3Cl)c2=O)cc1. The molecule has 0 bridgehead atoms. The number of aromatic nitrogens is 4. The lowest BCUT2D eigenvalue weighted by Gasteiger charge is -2.11. The fraction of sp³-hybridized carbons (Fsp3) is 0.150. The summed E-state index contributed by atoms with van der Waals surface area (Å²) in [4.78, 5) is 17.7. The van der Waals surface area contributed by atoms with Gasteiger partial charge in [0.05, 0.1) is 29.2 Å². The van der Waals surface area contributed by atoms with Crippen LogP contribution in [-0.2, 0) is 0 Å². The molecule has 136 valence electrons. The molecule has 0 amide bonds. The summed E-state index contributed by atoms with van der Waals surface area (Å²) in [6.07, 6.45) is 1.53. The number of halogens is 1. The fourth-order valence-corrected chi connectivity index (χ4v) is 3.25. The molecule has 4 aromatic rings. The Kier molecular flexibility index (Phi) is 4.41. The molecular weight excluding hydrogens is 364 g/mol. The minimum atomic E-state index is -0.181. The van der Waals surface area contributed by atoms with Crippen molar-refractivity contribution in [3.63, 3.8) is 0 Å². The van der Waals surface area contributed by atoms with Gasteiger partial charge < -0.3 is 4.74 Å². The van der Waals surface area contributed by atoms with E-state index in [1.807, 2.05) is 49.4 Å². The van der Waals surface area contributed by atoms with Crippen molar-refractivity contribution in [1.29, 1.82) is 0 Å². The molecule has 0 aliphatic heterocycles. The molecule has 6 nitrogen and oxygen atoms in total. The van der Waals surface area contributed by atoms with E-state index in [0.717, 1.165) is 11.4 Å². The number of nitrogens with zero attached hydrogens (tertiary/aromatic N) is 4. The zero-order valence-corrected chi connectivity index (χ0v) is 15.6. The van der Waals surface area contributed by atoms with Crippen LogP contribution in [0.1, 0.15) is 12.7 Å². The van der Waals surface area contributed by atoms with Gasteiger partial charge in [-0.15, -0.1) is 0 Å². The van der Waals surface area contributed by atoms with Crippen LogP contribution in [0.5, 0.6) is 5.75 Å². The normalized spacial score (nSPS) is 11.1. The van der Waals surface area contributed by atoms with Gasteiger partial charge >= 0.3 is 0 Å². The van der Waals surface area contributed by atoms with Crippen molar-refractivity contribution in [2.45, 2.75) is 13.8 Å².